The Morgan fingerprint density at radius 3 is 2.64 bits per heavy atom. The number of esters is 1. The first-order valence-electron chi connectivity index (χ1n) is 6.88. The van der Waals surface area contributed by atoms with E-state index in [4.69, 9.17) is 4.74 Å². The lowest BCUT2D eigenvalue weighted by molar-refractivity contribution is -0.158. The number of carbonyl (C=O) groups excluding carboxylic acids is 1. The highest BCUT2D eigenvalue weighted by molar-refractivity contribution is 5.91. The van der Waals surface area contributed by atoms with Crippen LogP contribution in [-0.2, 0) is 14.3 Å². The highest BCUT2D eigenvalue weighted by atomic mass is 19.1. The highest BCUT2D eigenvalue weighted by Gasteiger charge is 2.28. The van der Waals surface area contributed by atoms with E-state index >= 15 is 0 Å². The van der Waals surface area contributed by atoms with Gasteiger partial charge >= 0.3 is 11.9 Å². The average molecular weight is 307 g/mol. The topological polar surface area (TPSA) is 79.4 Å². The second kappa shape index (κ2) is 5.79. The molecule has 0 fully saturated rings. The molecule has 1 aromatic carbocycles. The molecule has 0 aliphatic heterocycles. The number of H-pyrrole nitrogens is 1. The number of carbonyl (C=O) groups is 2. The lowest BCUT2D eigenvalue weighted by Gasteiger charge is -2.21. The standard InChI is InChI=1S/C16H18FNO4/c1-16(2,3)22-14(19)7-11(15(20)21)12-8-18-13-6-9(17)4-5-10(12)13/h4-6,8,11,18H,7H2,1-3H3,(H,20,21). The molecule has 0 amide bonds. The number of aromatic amines is 1. The third-order valence-electron chi connectivity index (χ3n) is 3.14. The van der Waals surface area contributed by atoms with Gasteiger partial charge in [0.25, 0.3) is 0 Å². The molecule has 2 rings (SSSR count). The van der Waals surface area contributed by atoms with Gasteiger partial charge in [-0.25, -0.2) is 4.39 Å². The Morgan fingerprint density at radius 1 is 1.36 bits per heavy atom. The molecule has 2 aromatic rings. The van der Waals surface area contributed by atoms with Crippen LogP contribution in [0.4, 0.5) is 4.39 Å². The van der Waals surface area contributed by atoms with Gasteiger partial charge in [-0.2, -0.15) is 0 Å². The number of halogens is 1. The van der Waals surface area contributed by atoms with Gasteiger partial charge in [-0.15, -0.1) is 0 Å². The Bertz CT molecular complexity index is 714. The molecule has 1 aromatic heterocycles. The maximum absolute atomic E-state index is 13.2. The lowest BCUT2D eigenvalue weighted by Crippen LogP contribution is -2.26. The third kappa shape index (κ3) is 3.63. The van der Waals surface area contributed by atoms with Crippen LogP contribution in [0.1, 0.15) is 38.7 Å². The van der Waals surface area contributed by atoms with Crippen molar-refractivity contribution in [3.05, 3.63) is 35.8 Å². The maximum atomic E-state index is 13.2. The Morgan fingerprint density at radius 2 is 2.05 bits per heavy atom. The number of aromatic nitrogens is 1. The second-order valence-electron chi connectivity index (χ2n) is 6.12. The minimum Gasteiger partial charge on any atom is -0.481 e. The molecule has 0 spiro atoms. The summed E-state index contributed by atoms with van der Waals surface area (Å²) in [4.78, 5) is 26.2. The maximum Gasteiger partial charge on any atom is 0.311 e. The fraction of sp³-hybridized carbons (Fsp3) is 0.375. The molecule has 2 N–H and O–H groups in total. The van der Waals surface area contributed by atoms with Crippen LogP contribution in [0.25, 0.3) is 10.9 Å². The lowest BCUT2D eigenvalue weighted by atomic mass is 9.95. The van der Waals surface area contributed by atoms with Crippen LogP contribution in [0.2, 0.25) is 0 Å². The van der Waals surface area contributed by atoms with Gasteiger partial charge < -0.3 is 14.8 Å². The van der Waals surface area contributed by atoms with Gasteiger partial charge in [-0.05, 0) is 44.5 Å². The molecule has 0 saturated heterocycles. The first kappa shape index (κ1) is 16.0. The van der Waals surface area contributed by atoms with Crippen LogP contribution in [0.15, 0.2) is 24.4 Å². The fourth-order valence-corrected chi connectivity index (χ4v) is 2.29. The van der Waals surface area contributed by atoms with Crippen molar-refractivity contribution in [2.24, 2.45) is 0 Å². The summed E-state index contributed by atoms with van der Waals surface area (Å²) in [6.07, 6.45) is 1.21. The van der Waals surface area contributed by atoms with E-state index in [9.17, 15) is 19.1 Å². The van der Waals surface area contributed by atoms with Crippen LogP contribution in [0.3, 0.4) is 0 Å². The van der Waals surface area contributed by atoms with Crippen LogP contribution in [0.5, 0.6) is 0 Å². The number of nitrogens with one attached hydrogen (secondary N) is 1. The van der Waals surface area contributed by atoms with Gasteiger partial charge in [-0.3, -0.25) is 9.59 Å². The van der Waals surface area contributed by atoms with Gasteiger partial charge in [0.15, 0.2) is 0 Å². The van der Waals surface area contributed by atoms with Crippen LogP contribution < -0.4 is 0 Å². The molecule has 0 radical (unpaired) electrons. The minimum atomic E-state index is -1.13. The summed E-state index contributed by atoms with van der Waals surface area (Å²) in [6, 6.07) is 4.04. The molecule has 0 saturated carbocycles. The van der Waals surface area contributed by atoms with Gasteiger partial charge in [0.1, 0.15) is 11.4 Å². The molecule has 118 valence electrons. The molecule has 0 aliphatic rings. The summed E-state index contributed by atoms with van der Waals surface area (Å²) < 4.78 is 18.4. The van der Waals surface area contributed by atoms with Crippen molar-refractivity contribution in [3.8, 4) is 0 Å². The number of ether oxygens (including phenoxy) is 1. The van der Waals surface area contributed by atoms with E-state index in [0.29, 0.717) is 16.5 Å². The summed E-state index contributed by atoms with van der Waals surface area (Å²) in [5, 5.41) is 9.99. The first-order chi connectivity index (χ1) is 10.2. The third-order valence-corrected chi connectivity index (χ3v) is 3.14. The van der Waals surface area contributed by atoms with Crippen molar-refractivity contribution < 1.29 is 23.8 Å². The van der Waals surface area contributed by atoms with Crippen molar-refractivity contribution in [1.29, 1.82) is 0 Å². The highest BCUT2D eigenvalue weighted by Crippen LogP contribution is 2.29. The molecular weight excluding hydrogens is 289 g/mol. The predicted octanol–water partition coefficient (Wildman–Crippen LogP) is 3.21. The fourth-order valence-electron chi connectivity index (χ4n) is 2.29. The van der Waals surface area contributed by atoms with Crippen molar-refractivity contribution >= 4 is 22.8 Å². The van der Waals surface area contributed by atoms with E-state index in [1.807, 2.05) is 0 Å². The zero-order chi connectivity index (χ0) is 16.5. The number of carboxylic acids is 1. The van der Waals surface area contributed by atoms with E-state index in [0.717, 1.165) is 0 Å². The molecule has 22 heavy (non-hydrogen) atoms. The van der Waals surface area contributed by atoms with Gasteiger partial charge in [0, 0.05) is 17.1 Å². The SMILES string of the molecule is CC(C)(C)OC(=O)CC(C(=O)O)c1c[nH]c2cc(F)ccc12. The number of carboxylic acid groups (broad SMARTS) is 1. The van der Waals surface area contributed by atoms with Crippen molar-refractivity contribution in [2.45, 2.75) is 38.7 Å². The number of rotatable bonds is 4. The van der Waals surface area contributed by atoms with E-state index in [2.05, 4.69) is 4.98 Å². The normalized spacial score (nSPS) is 13.1. The van der Waals surface area contributed by atoms with E-state index < -0.39 is 29.3 Å². The Balaban J connectivity index is 2.31. The quantitative estimate of drug-likeness (QED) is 0.850. The van der Waals surface area contributed by atoms with Gasteiger partial charge in [0.2, 0.25) is 0 Å². The predicted molar refractivity (Wildman–Crippen MR) is 79.1 cm³/mol. The Kier molecular flexibility index (Phi) is 4.21. The number of hydrogen-bond acceptors (Lipinski definition) is 3. The monoisotopic (exact) mass is 307 g/mol. The molecule has 0 bridgehead atoms. The second-order valence-corrected chi connectivity index (χ2v) is 6.12. The van der Waals surface area contributed by atoms with Crippen molar-refractivity contribution in [3.63, 3.8) is 0 Å². The van der Waals surface area contributed by atoms with Gasteiger partial charge in [-0.1, -0.05) is 0 Å². The molecule has 1 atom stereocenters. The van der Waals surface area contributed by atoms with E-state index in [1.165, 1.54) is 24.4 Å². The summed E-state index contributed by atoms with van der Waals surface area (Å²) in [6.45, 7) is 5.15. The molecular formula is C16H18FNO4. The number of hydrogen-bond donors (Lipinski definition) is 2. The summed E-state index contributed by atoms with van der Waals surface area (Å²) in [5.41, 5.74) is 0.252. The van der Waals surface area contributed by atoms with Gasteiger partial charge in [0.05, 0.1) is 12.3 Å². The largest absolute Gasteiger partial charge is 0.481 e. The van der Waals surface area contributed by atoms with E-state index in [-0.39, 0.29) is 6.42 Å². The summed E-state index contributed by atoms with van der Waals surface area (Å²) >= 11 is 0. The molecule has 0 aliphatic carbocycles. The van der Waals surface area contributed by atoms with Crippen molar-refractivity contribution in [2.75, 3.05) is 0 Å². The first-order valence-corrected chi connectivity index (χ1v) is 6.88. The Labute approximate surface area is 127 Å². The smallest absolute Gasteiger partial charge is 0.311 e. The number of benzene rings is 1. The van der Waals surface area contributed by atoms with Crippen molar-refractivity contribution in [1.82, 2.24) is 4.98 Å². The number of fused-ring (bicyclic) bond motifs is 1. The zero-order valence-electron chi connectivity index (χ0n) is 12.6. The minimum absolute atomic E-state index is 0.281. The van der Waals surface area contributed by atoms with Crippen LogP contribution in [0, 0.1) is 5.82 Å². The number of aliphatic carboxylic acids is 1. The summed E-state index contributed by atoms with van der Waals surface area (Å²) in [7, 11) is 0. The summed E-state index contributed by atoms with van der Waals surface area (Å²) in [5.74, 6) is -3.18. The average Bonchev–Trinajstić information content (AvgIpc) is 2.76. The van der Waals surface area contributed by atoms with Crippen LogP contribution in [-0.4, -0.2) is 27.6 Å². The van der Waals surface area contributed by atoms with Crippen LogP contribution >= 0.6 is 0 Å². The zero-order valence-corrected chi connectivity index (χ0v) is 12.6. The molecule has 5 nitrogen and oxygen atoms in total. The Hall–Kier alpha value is -2.37. The molecule has 1 heterocycles. The molecule has 1 unspecified atom stereocenters. The van der Waals surface area contributed by atoms with E-state index in [1.54, 1.807) is 20.8 Å². The molecule has 6 heteroatoms.